The van der Waals surface area contributed by atoms with Crippen LogP contribution in [0.5, 0.6) is 0 Å². The Balaban J connectivity index is 3.45. The van der Waals surface area contributed by atoms with E-state index >= 15 is 0 Å². The Morgan fingerprint density at radius 3 is 2.00 bits per heavy atom. The lowest BCUT2D eigenvalue weighted by molar-refractivity contribution is 0.221. The average Bonchev–Trinajstić information content (AvgIpc) is 2.02. The quantitative estimate of drug-likeness (QED) is 0.614. The highest BCUT2D eigenvalue weighted by molar-refractivity contribution is 4.72. The molecule has 0 aliphatic rings. The van der Waals surface area contributed by atoms with E-state index in [-0.39, 0.29) is 0 Å². The van der Waals surface area contributed by atoms with Gasteiger partial charge in [-0.3, -0.25) is 0 Å². The number of nitrogens with one attached hydrogen (secondary N) is 1. The molecule has 0 bridgehead atoms. The van der Waals surface area contributed by atoms with Crippen LogP contribution in [0.2, 0.25) is 0 Å². The summed E-state index contributed by atoms with van der Waals surface area (Å²) in [4.78, 5) is 0. The molecule has 1 heteroatoms. The minimum Gasteiger partial charge on any atom is -0.315 e. The van der Waals surface area contributed by atoms with E-state index in [4.69, 9.17) is 0 Å². The number of rotatable bonds is 7. The molecule has 0 aliphatic carbocycles. The minimum absolute atomic E-state index is 0.512. The second-order valence-corrected chi connectivity index (χ2v) is 5.71. The van der Waals surface area contributed by atoms with Gasteiger partial charge in [0, 0.05) is 6.04 Å². The van der Waals surface area contributed by atoms with E-state index in [0.717, 1.165) is 5.92 Å². The minimum atomic E-state index is 0.512. The van der Waals surface area contributed by atoms with E-state index < -0.39 is 0 Å². The number of hydrogen-bond acceptors (Lipinski definition) is 1. The third kappa shape index (κ3) is 6.42. The van der Waals surface area contributed by atoms with Crippen molar-refractivity contribution >= 4 is 0 Å². The lowest BCUT2D eigenvalue weighted by atomic mass is 9.77. The Labute approximate surface area is 90.7 Å². The van der Waals surface area contributed by atoms with Crippen LogP contribution in [-0.4, -0.2) is 12.6 Å². The highest BCUT2D eigenvalue weighted by Gasteiger charge is 2.21. The molecule has 0 spiro atoms. The summed E-state index contributed by atoms with van der Waals surface area (Å²) in [5.41, 5.74) is 0.512. The maximum absolute atomic E-state index is 3.46. The van der Waals surface area contributed by atoms with Crippen molar-refractivity contribution in [3.8, 4) is 0 Å². The molecule has 1 N–H and O–H groups in total. The Bertz CT molecular complexity index is 136. The van der Waals surface area contributed by atoms with E-state index in [2.05, 4.69) is 46.9 Å². The molecule has 0 heterocycles. The zero-order valence-electron chi connectivity index (χ0n) is 11.0. The summed E-state index contributed by atoms with van der Waals surface area (Å²) < 4.78 is 0. The fraction of sp³-hybridized carbons (Fsp3) is 1.00. The standard InChI is InChI=1S/C13H29N/c1-11(2)13(5,6)9-7-8-10-14-12(3)4/h11-12,14H,7-10H2,1-6H3. The number of unbranched alkanes of at least 4 members (excludes halogenated alkanes) is 1. The molecule has 0 saturated carbocycles. The summed E-state index contributed by atoms with van der Waals surface area (Å²) in [5.74, 6) is 0.792. The van der Waals surface area contributed by atoms with Gasteiger partial charge in [-0.15, -0.1) is 0 Å². The van der Waals surface area contributed by atoms with Gasteiger partial charge in [0.15, 0.2) is 0 Å². The summed E-state index contributed by atoms with van der Waals surface area (Å²) >= 11 is 0. The maximum atomic E-state index is 3.46. The first-order valence-corrected chi connectivity index (χ1v) is 6.09. The van der Waals surface area contributed by atoms with Crippen LogP contribution in [0.3, 0.4) is 0 Å². The summed E-state index contributed by atoms with van der Waals surface area (Å²) in [6.45, 7) is 15.0. The normalized spacial score (nSPS) is 12.9. The zero-order valence-corrected chi connectivity index (χ0v) is 11.0. The Kier molecular flexibility index (Phi) is 6.43. The molecule has 0 aromatic rings. The van der Waals surface area contributed by atoms with Crippen molar-refractivity contribution in [1.29, 1.82) is 0 Å². The Hall–Kier alpha value is -0.0400. The fourth-order valence-electron chi connectivity index (χ4n) is 1.39. The van der Waals surface area contributed by atoms with Crippen molar-refractivity contribution in [2.75, 3.05) is 6.54 Å². The van der Waals surface area contributed by atoms with Gasteiger partial charge in [-0.25, -0.2) is 0 Å². The summed E-state index contributed by atoms with van der Waals surface area (Å²) in [6, 6.07) is 0.633. The lowest BCUT2D eigenvalue weighted by Gasteiger charge is -2.29. The molecule has 0 aromatic heterocycles. The van der Waals surface area contributed by atoms with Crippen molar-refractivity contribution < 1.29 is 0 Å². The van der Waals surface area contributed by atoms with Gasteiger partial charge < -0.3 is 5.32 Å². The van der Waals surface area contributed by atoms with Crippen molar-refractivity contribution in [1.82, 2.24) is 5.32 Å². The molecule has 0 rings (SSSR count). The van der Waals surface area contributed by atoms with Gasteiger partial charge in [0.2, 0.25) is 0 Å². The molecular weight excluding hydrogens is 170 g/mol. The molecule has 14 heavy (non-hydrogen) atoms. The Morgan fingerprint density at radius 2 is 1.57 bits per heavy atom. The molecule has 0 saturated heterocycles. The Morgan fingerprint density at radius 1 is 1.00 bits per heavy atom. The summed E-state index contributed by atoms with van der Waals surface area (Å²) in [5, 5.41) is 3.46. The molecule has 0 atom stereocenters. The van der Waals surface area contributed by atoms with Crippen LogP contribution < -0.4 is 5.32 Å². The van der Waals surface area contributed by atoms with Crippen LogP contribution in [0.1, 0.15) is 60.8 Å². The van der Waals surface area contributed by atoms with Gasteiger partial charge in [0.1, 0.15) is 0 Å². The topological polar surface area (TPSA) is 12.0 Å². The monoisotopic (exact) mass is 199 g/mol. The van der Waals surface area contributed by atoms with Crippen molar-refractivity contribution in [3.05, 3.63) is 0 Å². The predicted octanol–water partition coefficient (Wildman–Crippen LogP) is 3.84. The maximum Gasteiger partial charge on any atom is 0.00103 e. The molecule has 0 fully saturated rings. The van der Waals surface area contributed by atoms with Crippen LogP contribution in [-0.2, 0) is 0 Å². The average molecular weight is 199 g/mol. The molecule has 0 unspecified atom stereocenters. The van der Waals surface area contributed by atoms with Gasteiger partial charge in [-0.2, -0.15) is 0 Å². The molecule has 0 aliphatic heterocycles. The van der Waals surface area contributed by atoms with E-state index in [1.165, 1.54) is 25.8 Å². The van der Waals surface area contributed by atoms with Gasteiger partial charge in [0.05, 0.1) is 0 Å². The summed E-state index contributed by atoms with van der Waals surface area (Å²) in [6.07, 6.45) is 4.02. The molecule has 0 radical (unpaired) electrons. The highest BCUT2D eigenvalue weighted by atomic mass is 14.9. The predicted molar refractivity (Wildman–Crippen MR) is 65.6 cm³/mol. The smallest absolute Gasteiger partial charge is 0.00103 e. The SMILES string of the molecule is CC(C)NCCCCC(C)(C)C(C)C. The third-order valence-electron chi connectivity index (χ3n) is 3.36. The van der Waals surface area contributed by atoms with Crippen molar-refractivity contribution in [2.24, 2.45) is 11.3 Å². The van der Waals surface area contributed by atoms with E-state index in [1.807, 2.05) is 0 Å². The second kappa shape index (κ2) is 6.44. The third-order valence-corrected chi connectivity index (χ3v) is 3.36. The van der Waals surface area contributed by atoms with Crippen LogP contribution in [0.25, 0.3) is 0 Å². The fourth-order valence-corrected chi connectivity index (χ4v) is 1.39. The largest absolute Gasteiger partial charge is 0.315 e. The van der Waals surface area contributed by atoms with Crippen LogP contribution in [0.15, 0.2) is 0 Å². The van der Waals surface area contributed by atoms with Gasteiger partial charge >= 0.3 is 0 Å². The van der Waals surface area contributed by atoms with E-state index in [1.54, 1.807) is 0 Å². The van der Waals surface area contributed by atoms with Gasteiger partial charge in [-0.1, -0.05) is 48.0 Å². The summed E-state index contributed by atoms with van der Waals surface area (Å²) in [7, 11) is 0. The van der Waals surface area contributed by atoms with E-state index in [9.17, 15) is 0 Å². The first kappa shape index (κ1) is 14.0. The highest BCUT2D eigenvalue weighted by Crippen LogP contribution is 2.31. The van der Waals surface area contributed by atoms with Gasteiger partial charge in [-0.05, 0) is 30.7 Å². The molecule has 86 valence electrons. The van der Waals surface area contributed by atoms with Crippen molar-refractivity contribution in [3.63, 3.8) is 0 Å². The molecule has 1 nitrogen and oxygen atoms in total. The zero-order chi connectivity index (χ0) is 11.2. The van der Waals surface area contributed by atoms with Crippen LogP contribution in [0.4, 0.5) is 0 Å². The van der Waals surface area contributed by atoms with Crippen LogP contribution >= 0.6 is 0 Å². The van der Waals surface area contributed by atoms with Crippen molar-refractivity contribution in [2.45, 2.75) is 66.8 Å². The first-order chi connectivity index (χ1) is 6.36. The first-order valence-electron chi connectivity index (χ1n) is 6.09. The van der Waals surface area contributed by atoms with Crippen LogP contribution in [0, 0.1) is 11.3 Å². The molecular formula is C13H29N. The number of hydrogen-bond donors (Lipinski definition) is 1. The van der Waals surface area contributed by atoms with Gasteiger partial charge in [0.25, 0.3) is 0 Å². The molecule has 0 aromatic carbocycles. The lowest BCUT2D eigenvalue weighted by Crippen LogP contribution is -2.24. The molecule has 0 amide bonds. The second-order valence-electron chi connectivity index (χ2n) is 5.71. The van der Waals surface area contributed by atoms with E-state index in [0.29, 0.717) is 11.5 Å².